The van der Waals surface area contributed by atoms with E-state index in [1.54, 1.807) is 0 Å². The zero-order chi connectivity index (χ0) is 13.2. The largest absolute Gasteiger partial charge is 0.480 e. The highest BCUT2D eigenvalue weighted by Crippen LogP contribution is 2.33. The number of carbonyl (C=O) groups is 1. The van der Waals surface area contributed by atoms with E-state index in [0.717, 1.165) is 9.35 Å². The molecule has 0 unspecified atom stereocenters. The first-order valence-electron chi connectivity index (χ1n) is 5.10. The summed E-state index contributed by atoms with van der Waals surface area (Å²) in [7, 11) is 0. The molecule has 3 nitrogen and oxygen atoms in total. The minimum Gasteiger partial charge on any atom is -0.480 e. The van der Waals surface area contributed by atoms with Crippen molar-refractivity contribution >= 4 is 44.8 Å². The lowest BCUT2D eigenvalue weighted by Gasteiger charge is -2.33. The predicted molar refractivity (Wildman–Crippen MR) is 74.8 cm³/mol. The van der Waals surface area contributed by atoms with Crippen LogP contribution in [0.2, 0.25) is 4.34 Å². The van der Waals surface area contributed by atoms with E-state index in [1.165, 1.54) is 11.3 Å². The van der Waals surface area contributed by atoms with Crippen LogP contribution in [0.3, 0.4) is 0 Å². The van der Waals surface area contributed by atoms with Gasteiger partial charge in [0.05, 0.1) is 6.54 Å². The van der Waals surface area contributed by atoms with Gasteiger partial charge in [-0.05, 0) is 42.8 Å². The SMILES string of the molecule is CC(C)(C)N(CC(=O)O)Cc1cc(Br)c(Cl)s1. The van der Waals surface area contributed by atoms with E-state index < -0.39 is 5.97 Å². The molecule has 1 rings (SSSR count). The first-order chi connectivity index (χ1) is 7.70. The van der Waals surface area contributed by atoms with Gasteiger partial charge >= 0.3 is 5.97 Å². The standard InChI is InChI=1S/C11H15BrClNO2S/c1-11(2,3)14(6-9(15)16)5-7-4-8(12)10(13)17-7/h4H,5-6H2,1-3H3,(H,15,16). The molecule has 0 atom stereocenters. The van der Waals surface area contributed by atoms with Crippen LogP contribution >= 0.6 is 38.9 Å². The Balaban J connectivity index is 2.82. The molecule has 0 aliphatic heterocycles. The van der Waals surface area contributed by atoms with E-state index in [1.807, 2.05) is 31.7 Å². The minimum absolute atomic E-state index is 0.0244. The molecule has 0 amide bonds. The van der Waals surface area contributed by atoms with Gasteiger partial charge in [-0.2, -0.15) is 0 Å². The van der Waals surface area contributed by atoms with Crippen molar-refractivity contribution in [1.82, 2.24) is 4.90 Å². The molecular formula is C11H15BrClNO2S. The summed E-state index contributed by atoms with van der Waals surface area (Å²) in [6.45, 7) is 6.61. The highest BCUT2D eigenvalue weighted by molar-refractivity contribution is 9.10. The Bertz CT molecular complexity index is 395. The number of nitrogens with zero attached hydrogens (tertiary/aromatic N) is 1. The first kappa shape index (κ1) is 15.0. The number of aliphatic carboxylic acids is 1. The molecule has 0 saturated carbocycles. The fourth-order valence-electron chi connectivity index (χ4n) is 1.35. The van der Waals surface area contributed by atoms with E-state index in [2.05, 4.69) is 15.9 Å². The molecule has 0 spiro atoms. The summed E-state index contributed by atoms with van der Waals surface area (Å²) in [6.07, 6.45) is 0. The van der Waals surface area contributed by atoms with Crippen molar-refractivity contribution in [1.29, 1.82) is 0 Å². The van der Waals surface area contributed by atoms with Crippen molar-refractivity contribution in [2.45, 2.75) is 32.9 Å². The summed E-state index contributed by atoms with van der Waals surface area (Å²) in [5.74, 6) is -0.818. The van der Waals surface area contributed by atoms with E-state index in [0.29, 0.717) is 10.9 Å². The molecule has 1 heterocycles. The molecule has 0 aliphatic carbocycles. The quantitative estimate of drug-likeness (QED) is 0.905. The van der Waals surface area contributed by atoms with Gasteiger partial charge in [-0.1, -0.05) is 11.6 Å². The van der Waals surface area contributed by atoms with Gasteiger partial charge in [0.15, 0.2) is 0 Å². The van der Waals surface area contributed by atoms with E-state index in [4.69, 9.17) is 16.7 Å². The summed E-state index contributed by atoms with van der Waals surface area (Å²) in [5, 5.41) is 8.91. The smallest absolute Gasteiger partial charge is 0.317 e. The van der Waals surface area contributed by atoms with Gasteiger partial charge in [-0.25, -0.2) is 0 Å². The molecule has 96 valence electrons. The maximum Gasteiger partial charge on any atom is 0.317 e. The van der Waals surface area contributed by atoms with Crippen molar-refractivity contribution in [3.8, 4) is 0 Å². The minimum atomic E-state index is -0.818. The number of hydrogen-bond acceptors (Lipinski definition) is 3. The maximum absolute atomic E-state index is 10.8. The van der Waals surface area contributed by atoms with Gasteiger partial charge in [0, 0.05) is 21.4 Å². The molecular weight excluding hydrogens is 326 g/mol. The lowest BCUT2D eigenvalue weighted by atomic mass is 10.1. The van der Waals surface area contributed by atoms with Gasteiger partial charge in [0.2, 0.25) is 0 Å². The molecule has 0 saturated heterocycles. The highest BCUT2D eigenvalue weighted by Gasteiger charge is 2.24. The van der Waals surface area contributed by atoms with Crippen LogP contribution in [0.25, 0.3) is 0 Å². The molecule has 0 aromatic carbocycles. The zero-order valence-corrected chi connectivity index (χ0v) is 13.1. The third-order valence-electron chi connectivity index (χ3n) is 2.32. The second kappa shape index (κ2) is 5.69. The molecule has 0 aliphatic rings. The van der Waals surface area contributed by atoms with E-state index >= 15 is 0 Å². The van der Waals surface area contributed by atoms with Gasteiger partial charge < -0.3 is 5.11 Å². The fraction of sp³-hybridized carbons (Fsp3) is 0.545. The molecule has 1 aromatic heterocycles. The van der Waals surface area contributed by atoms with Crippen LogP contribution in [0.4, 0.5) is 0 Å². The van der Waals surface area contributed by atoms with Crippen molar-refractivity contribution < 1.29 is 9.90 Å². The van der Waals surface area contributed by atoms with Crippen LogP contribution in [0, 0.1) is 0 Å². The van der Waals surface area contributed by atoms with Gasteiger partial charge in [0.25, 0.3) is 0 Å². The lowest BCUT2D eigenvalue weighted by Crippen LogP contribution is -2.43. The van der Waals surface area contributed by atoms with Crippen molar-refractivity contribution in [3.05, 3.63) is 19.8 Å². The molecule has 0 radical (unpaired) electrons. The van der Waals surface area contributed by atoms with Gasteiger partial charge in [0.1, 0.15) is 4.34 Å². The molecule has 1 aromatic rings. The summed E-state index contributed by atoms with van der Waals surface area (Å²) < 4.78 is 1.56. The number of carboxylic acids is 1. The fourth-order valence-corrected chi connectivity index (χ4v) is 3.16. The Hall–Kier alpha value is -0.100. The first-order valence-corrected chi connectivity index (χ1v) is 7.09. The number of hydrogen-bond donors (Lipinski definition) is 1. The summed E-state index contributed by atoms with van der Waals surface area (Å²) in [5.41, 5.74) is -0.193. The summed E-state index contributed by atoms with van der Waals surface area (Å²) >= 11 is 10.8. The van der Waals surface area contributed by atoms with Crippen LogP contribution in [0.5, 0.6) is 0 Å². The van der Waals surface area contributed by atoms with Crippen molar-refractivity contribution in [2.24, 2.45) is 0 Å². The number of carboxylic acid groups (broad SMARTS) is 1. The maximum atomic E-state index is 10.8. The second-order valence-electron chi connectivity index (χ2n) is 4.75. The lowest BCUT2D eigenvalue weighted by molar-refractivity contribution is -0.139. The average molecular weight is 341 g/mol. The van der Waals surface area contributed by atoms with Gasteiger partial charge in [-0.15, -0.1) is 11.3 Å². The monoisotopic (exact) mass is 339 g/mol. The Morgan fingerprint density at radius 2 is 2.18 bits per heavy atom. The molecule has 0 bridgehead atoms. The molecule has 1 N–H and O–H groups in total. The topological polar surface area (TPSA) is 40.5 Å². The second-order valence-corrected chi connectivity index (χ2v) is 7.35. The highest BCUT2D eigenvalue weighted by atomic mass is 79.9. The normalized spacial score (nSPS) is 12.1. The van der Waals surface area contributed by atoms with E-state index in [-0.39, 0.29) is 12.1 Å². The zero-order valence-electron chi connectivity index (χ0n) is 9.96. The van der Waals surface area contributed by atoms with Crippen LogP contribution < -0.4 is 0 Å². The van der Waals surface area contributed by atoms with Crippen LogP contribution in [-0.2, 0) is 11.3 Å². The van der Waals surface area contributed by atoms with Crippen molar-refractivity contribution in [2.75, 3.05) is 6.54 Å². The van der Waals surface area contributed by atoms with Crippen LogP contribution in [0.15, 0.2) is 10.5 Å². The third kappa shape index (κ3) is 4.58. The van der Waals surface area contributed by atoms with Crippen molar-refractivity contribution in [3.63, 3.8) is 0 Å². The number of thiophene rings is 1. The number of rotatable bonds is 4. The van der Waals surface area contributed by atoms with Gasteiger partial charge in [-0.3, -0.25) is 9.69 Å². The molecule has 17 heavy (non-hydrogen) atoms. The predicted octanol–water partition coefficient (Wildman–Crippen LogP) is 3.85. The Kier molecular flexibility index (Phi) is 5.01. The number of halogens is 2. The molecule has 0 fully saturated rings. The molecule has 6 heteroatoms. The summed E-state index contributed by atoms with van der Waals surface area (Å²) in [6, 6.07) is 1.94. The van der Waals surface area contributed by atoms with Crippen LogP contribution in [-0.4, -0.2) is 28.1 Å². The van der Waals surface area contributed by atoms with Crippen LogP contribution in [0.1, 0.15) is 25.6 Å². The summed E-state index contributed by atoms with van der Waals surface area (Å²) in [4.78, 5) is 13.8. The Labute approximate surface area is 119 Å². The average Bonchev–Trinajstić information content (AvgIpc) is 2.42. The third-order valence-corrected chi connectivity index (χ3v) is 4.78. The Morgan fingerprint density at radius 3 is 2.53 bits per heavy atom. The van der Waals surface area contributed by atoms with E-state index in [9.17, 15) is 4.79 Å². The Morgan fingerprint density at radius 1 is 1.59 bits per heavy atom.